The number of anilines is 3. The minimum atomic E-state index is 0.263. The van der Waals surface area contributed by atoms with E-state index in [1.807, 2.05) is 0 Å². The first-order chi connectivity index (χ1) is 19.4. The Bertz CT molecular complexity index is 1940. The van der Waals surface area contributed by atoms with Crippen LogP contribution in [0.25, 0.3) is 16.6 Å². The van der Waals surface area contributed by atoms with Crippen LogP contribution in [0.4, 0.5) is 17.1 Å². The van der Waals surface area contributed by atoms with Gasteiger partial charge in [-0.05, 0) is 0 Å². The summed E-state index contributed by atoms with van der Waals surface area (Å²) in [4.78, 5) is 2.52. The van der Waals surface area contributed by atoms with E-state index in [0.717, 1.165) is 6.42 Å². The molecule has 2 aliphatic heterocycles. The summed E-state index contributed by atoms with van der Waals surface area (Å²) in [5.74, 6) is 0. The standard InChI is InChI=1S/C35H25BN2Se/c1-2-10-23(11-3-1)37-31-17-9-19-34-35(31)36(28-14-5-7-18-33(28)39-34)27-21-20-24(22-32(27)37)38-29-15-6-4-12-25(29)26-13-8-16-30(26)38/h1-7,9-12,14-15,17-22H,8,13,16H2. The summed E-state index contributed by atoms with van der Waals surface area (Å²) in [6.07, 6.45) is 3.57. The van der Waals surface area contributed by atoms with Crippen LogP contribution >= 0.6 is 0 Å². The number of rotatable bonds is 2. The molecule has 6 aromatic rings. The molecular weight excluding hydrogens is 538 g/mol. The Morgan fingerprint density at radius 3 is 2.38 bits per heavy atom. The molecule has 0 bridgehead atoms. The van der Waals surface area contributed by atoms with Crippen molar-refractivity contribution in [2.24, 2.45) is 0 Å². The molecule has 0 unspecified atom stereocenters. The van der Waals surface area contributed by atoms with Gasteiger partial charge < -0.3 is 0 Å². The first-order valence-electron chi connectivity index (χ1n) is 13.9. The fourth-order valence-electron chi connectivity index (χ4n) is 7.24. The van der Waals surface area contributed by atoms with Gasteiger partial charge in [0.05, 0.1) is 0 Å². The van der Waals surface area contributed by atoms with Crippen LogP contribution in [0.5, 0.6) is 0 Å². The molecule has 184 valence electrons. The van der Waals surface area contributed by atoms with Crippen molar-refractivity contribution in [3.63, 3.8) is 0 Å². The van der Waals surface area contributed by atoms with E-state index >= 15 is 0 Å². The molecule has 39 heavy (non-hydrogen) atoms. The molecule has 0 radical (unpaired) electrons. The van der Waals surface area contributed by atoms with Crippen molar-refractivity contribution in [2.75, 3.05) is 4.90 Å². The van der Waals surface area contributed by atoms with Crippen LogP contribution in [0.15, 0.2) is 115 Å². The third-order valence-electron chi connectivity index (χ3n) is 8.79. The third kappa shape index (κ3) is 3.05. The summed E-state index contributed by atoms with van der Waals surface area (Å²) in [7, 11) is 0. The Morgan fingerprint density at radius 2 is 1.44 bits per heavy atom. The quantitative estimate of drug-likeness (QED) is 0.284. The van der Waals surface area contributed by atoms with E-state index in [-0.39, 0.29) is 6.71 Å². The average molecular weight is 563 g/mol. The first-order valence-corrected chi connectivity index (χ1v) is 15.6. The van der Waals surface area contributed by atoms with E-state index in [4.69, 9.17) is 0 Å². The second-order valence-corrected chi connectivity index (χ2v) is 13.1. The van der Waals surface area contributed by atoms with Crippen LogP contribution in [-0.2, 0) is 12.8 Å². The van der Waals surface area contributed by atoms with Crippen molar-refractivity contribution < 1.29 is 0 Å². The van der Waals surface area contributed by atoms with Crippen LogP contribution in [0, 0.1) is 0 Å². The summed E-state index contributed by atoms with van der Waals surface area (Å²) >= 11 is 0.308. The molecule has 1 aromatic heterocycles. The van der Waals surface area contributed by atoms with Crippen LogP contribution < -0.4 is 30.2 Å². The van der Waals surface area contributed by atoms with Gasteiger partial charge in [0, 0.05) is 0 Å². The first kappa shape index (κ1) is 21.9. The number of hydrogen-bond donors (Lipinski definition) is 0. The van der Waals surface area contributed by atoms with Crippen molar-refractivity contribution in [1.29, 1.82) is 0 Å². The molecule has 3 aliphatic rings. The van der Waals surface area contributed by atoms with Gasteiger partial charge in [0.1, 0.15) is 0 Å². The van der Waals surface area contributed by atoms with Crippen molar-refractivity contribution in [2.45, 2.75) is 19.3 Å². The van der Waals surface area contributed by atoms with E-state index in [0.29, 0.717) is 15.0 Å². The van der Waals surface area contributed by atoms with Gasteiger partial charge in [0.15, 0.2) is 0 Å². The fourth-order valence-corrected chi connectivity index (χ4v) is 9.69. The molecule has 0 atom stereocenters. The molecule has 0 saturated carbocycles. The molecule has 4 heteroatoms. The van der Waals surface area contributed by atoms with Gasteiger partial charge in [-0.2, -0.15) is 0 Å². The average Bonchev–Trinajstić information content (AvgIpc) is 3.58. The monoisotopic (exact) mass is 564 g/mol. The van der Waals surface area contributed by atoms with Crippen LogP contribution in [0.2, 0.25) is 0 Å². The number of aromatic nitrogens is 1. The van der Waals surface area contributed by atoms with Gasteiger partial charge in [-0.25, -0.2) is 0 Å². The second-order valence-electron chi connectivity index (χ2n) is 10.8. The van der Waals surface area contributed by atoms with E-state index in [2.05, 4.69) is 125 Å². The van der Waals surface area contributed by atoms with Crippen LogP contribution in [0.1, 0.15) is 17.7 Å². The van der Waals surface area contributed by atoms with Crippen molar-refractivity contribution >= 4 is 74.9 Å². The topological polar surface area (TPSA) is 8.17 Å². The Labute approximate surface area is 235 Å². The van der Waals surface area contributed by atoms with Crippen LogP contribution in [0.3, 0.4) is 0 Å². The van der Waals surface area contributed by atoms with Gasteiger partial charge in [-0.1, -0.05) is 0 Å². The van der Waals surface area contributed by atoms with Crippen molar-refractivity contribution in [3.05, 3.63) is 127 Å². The summed E-state index contributed by atoms with van der Waals surface area (Å²) in [6.45, 7) is 0.263. The molecule has 0 spiro atoms. The number of benzene rings is 5. The number of hydrogen-bond acceptors (Lipinski definition) is 1. The van der Waals surface area contributed by atoms with Crippen LogP contribution in [-0.4, -0.2) is 26.2 Å². The molecular formula is C35H25BN2Se. The van der Waals surface area contributed by atoms with E-state index in [9.17, 15) is 0 Å². The number of aryl methyl sites for hydroxylation is 1. The maximum atomic E-state index is 2.55. The molecule has 0 fully saturated rings. The Balaban J connectivity index is 1.35. The molecule has 3 heterocycles. The van der Waals surface area contributed by atoms with Gasteiger partial charge >= 0.3 is 236 Å². The number of fused-ring (bicyclic) bond motifs is 7. The summed E-state index contributed by atoms with van der Waals surface area (Å²) in [6, 6.07) is 43.3. The normalized spacial score (nSPS) is 14.7. The number of nitrogens with zero attached hydrogens (tertiary/aromatic N) is 2. The predicted octanol–water partition coefficient (Wildman–Crippen LogP) is 4.39. The fraction of sp³-hybridized carbons (Fsp3) is 0.0857. The Kier molecular flexibility index (Phi) is 4.64. The minimum absolute atomic E-state index is 0.263. The molecule has 2 nitrogen and oxygen atoms in total. The summed E-state index contributed by atoms with van der Waals surface area (Å²) in [5, 5.41) is 1.42. The van der Waals surface area contributed by atoms with E-state index in [1.165, 1.54) is 77.5 Å². The Hall–Kier alpha value is -3.98. The molecule has 9 rings (SSSR count). The molecule has 0 saturated heterocycles. The third-order valence-corrected chi connectivity index (χ3v) is 11.2. The SMILES string of the molecule is c1ccc(N2c3cc(-n4c5c(c6ccccc64)CCC5)ccc3B3c4ccccc4[Se]c4cccc2c43)cc1. The zero-order valence-electron chi connectivity index (χ0n) is 21.5. The van der Waals surface area contributed by atoms with Gasteiger partial charge in [0.2, 0.25) is 0 Å². The van der Waals surface area contributed by atoms with Crippen molar-refractivity contribution in [3.8, 4) is 5.69 Å². The van der Waals surface area contributed by atoms with Gasteiger partial charge in [0.25, 0.3) is 0 Å². The Morgan fingerprint density at radius 1 is 0.615 bits per heavy atom. The summed E-state index contributed by atoms with van der Waals surface area (Å²) < 4.78 is 5.57. The summed E-state index contributed by atoms with van der Waals surface area (Å²) in [5.41, 5.74) is 13.8. The zero-order valence-corrected chi connectivity index (χ0v) is 23.2. The molecule has 0 N–H and O–H groups in total. The zero-order chi connectivity index (χ0) is 25.5. The predicted molar refractivity (Wildman–Crippen MR) is 166 cm³/mol. The molecule has 1 aliphatic carbocycles. The van der Waals surface area contributed by atoms with E-state index in [1.54, 1.807) is 5.56 Å². The van der Waals surface area contributed by atoms with E-state index < -0.39 is 0 Å². The molecule has 0 amide bonds. The van der Waals surface area contributed by atoms with Gasteiger partial charge in [-0.15, -0.1) is 0 Å². The number of para-hydroxylation sites is 2. The molecule has 5 aromatic carbocycles. The van der Waals surface area contributed by atoms with Gasteiger partial charge in [-0.3, -0.25) is 0 Å². The second kappa shape index (κ2) is 8.26. The van der Waals surface area contributed by atoms with Crippen molar-refractivity contribution in [1.82, 2.24) is 4.57 Å². The maximum absolute atomic E-state index is 2.55.